The Morgan fingerprint density at radius 1 is 1.21 bits per heavy atom. The van der Waals surface area contributed by atoms with E-state index in [1.807, 2.05) is 21.0 Å². The van der Waals surface area contributed by atoms with Gasteiger partial charge in [0.2, 0.25) is 0 Å². The number of rotatable bonds is 10. The summed E-state index contributed by atoms with van der Waals surface area (Å²) in [5.74, 6) is 1.12. The van der Waals surface area contributed by atoms with Crippen molar-refractivity contribution in [3.05, 3.63) is 41.6 Å². The molecule has 0 unspecified atom stereocenters. The van der Waals surface area contributed by atoms with Crippen molar-refractivity contribution < 1.29 is 9.47 Å². The Kier molecular flexibility index (Phi) is 8.64. The normalized spacial score (nSPS) is 11.5. The zero-order chi connectivity index (χ0) is 20.4. The summed E-state index contributed by atoms with van der Waals surface area (Å²) in [6.45, 7) is 4.65. The van der Waals surface area contributed by atoms with Crippen LogP contribution < -0.4 is 15.8 Å². The summed E-state index contributed by atoms with van der Waals surface area (Å²) in [7, 11) is 5.58. The molecule has 0 saturated carbocycles. The van der Waals surface area contributed by atoms with Crippen LogP contribution in [0.5, 0.6) is 6.01 Å². The number of ether oxygens (including phenoxy) is 2. The van der Waals surface area contributed by atoms with E-state index >= 15 is 0 Å². The minimum Gasteiger partial charge on any atom is -0.463 e. The van der Waals surface area contributed by atoms with E-state index in [9.17, 15) is 0 Å². The van der Waals surface area contributed by atoms with Crippen molar-refractivity contribution in [2.24, 2.45) is 4.99 Å². The fourth-order valence-corrected chi connectivity index (χ4v) is 2.51. The third-order valence-electron chi connectivity index (χ3n) is 4.16. The highest BCUT2D eigenvalue weighted by atomic mass is 16.5. The summed E-state index contributed by atoms with van der Waals surface area (Å²) in [5.41, 5.74) is 9.00. The van der Waals surface area contributed by atoms with Gasteiger partial charge in [-0.1, -0.05) is 24.3 Å². The van der Waals surface area contributed by atoms with Crippen LogP contribution in [0.25, 0.3) is 0 Å². The van der Waals surface area contributed by atoms with Crippen LogP contribution in [0.1, 0.15) is 24.5 Å². The van der Waals surface area contributed by atoms with E-state index in [4.69, 9.17) is 15.2 Å². The average Bonchev–Trinajstić information content (AvgIpc) is 2.69. The van der Waals surface area contributed by atoms with Gasteiger partial charge >= 0.3 is 6.01 Å². The van der Waals surface area contributed by atoms with Gasteiger partial charge in [-0.15, -0.1) is 0 Å². The lowest BCUT2D eigenvalue weighted by Crippen LogP contribution is -2.23. The first-order valence-corrected chi connectivity index (χ1v) is 9.26. The largest absolute Gasteiger partial charge is 0.463 e. The van der Waals surface area contributed by atoms with Crippen LogP contribution in [0.4, 0.5) is 11.5 Å². The Hall–Kier alpha value is -2.71. The lowest BCUT2D eigenvalue weighted by molar-refractivity contribution is 0.169. The Morgan fingerprint density at radius 2 is 1.93 bits per heavy atom. The molecule has 28 heavy (non-hydrogen) atoms. The van der Waals surface area contributed by atoms with Crippen LogP contribution in [0, 0.1) is 0 Å². The Bertz CT molecular complexity index is 764. The van der Waals surface area contributed by atoms with Gasteiger partial charge in [0.05, 0.1) is 12.8 Å². The fraction of sp³-hybridized carbons (Fsp3) is 0.450. The molecule has 8 heteroatoms. The molecule has 0 aliphatic heterocycles. The van der Waals surface area contributed by atoms with Gasteiger partial charge in [-0.3, -0.25) is 0 Å². The maximum Gasteiger partial charge on any atom is 0.318 e. The van der Waals surface area contributed by atoms with Gasteiger partial charge in [-0.25, -0.2) is 9.98 Å². The van der Waals surface area contributed by atoms with Crippen molar-refractivity contribution in [3.8, 4) is 6.01 Å². The van der Waals surface area contributed by atoms with E-state index in [0.29, 0.717) is 24.7 Å². The van der Waals surface area contributed by atoms with E-state index in [2.05, 4.69) is 49.4 Å². The summed E-state index contributed by atoms with van der Waals surface area (Å²) in [6, 6.07) is 8.76. The zero-order valence-corrected chi connectivity index (χ0v) is 17.1. The molecule has 0 radical (unpaired) electrons. The summed E-state index contributed by atoms with van der Waals surface area (Å²) in [6.07, 6.45) is 2.34. The maximum atomic E-state index is 6.01. The number of hydrogen-bond acceptors (Lipinski definition) is 7. The second kappa shape index (κ2) is 11.2. The van der Waals surface area contributed by atoms with E-state index in [1.165, 1.54) is 11.1 Å². The molecule has 2 aromatic rings. The first kappa shape index (κ1) is 21.6. The zero-order valence-electron chi connectivity index (χ0n) is 17.1. The smallest absolute Gasteiger partial charge is 0.318 e. The second-order valence-electron chi connectivity index (χ2n) is 6.48. The number of amidine groups is 1. The third kappa shape index (κ3) is 6.79. The lowest BCUT2D eigenvalue weighted by atomic mass is 10.1. The molecule has 0 atom stereocenters. The Labute approximate surface area is 166 Å². The van der Waals surface area contributed by atoms with Crippen LogP contribution in [0.2, 0.25) is 0 Å². The van der Waals surface area contributed by atoms with Gasteiger partial charge in [-0.05, 0) is 25.1 Å². The predicted octanol–water partition coefficient (Wildman–Crippen LogP) is 2.38. The first-order valence-electron chi connectivity index (χ1n) is 9.26. The number of aliphatic imine (C=N–C) groups is 1. The van der Waals surface area contributed by atoms with Crippen LogP contribution in [-0.2, 0) is 17.8 Å². The van der Waals surface area contributed by atoms with E-state index in [0.717, 1.165) is 25.3 Å². The molecule has 1 aromatic carbocycles. The quantitative estimate of drug-likeness (QED) is 0.367. The number of methoxy groups -OCH3 is 1. The van der Waals surface area contributed by atoms with Crippen molar-refractivity contribution in [1.29, 1.82) is 0 Å². The molecular weight excluding hydrogens is 356 g/mol. The highest BCUT2D eigenvalue weighted by Gasteiger charge is 2.08. The highest BCUT2D eigenvalue weighted by molar-refractivity contribution is 5.83. The van der Waals surface area contributed by atoms with Crippen molar-refractivity contribution in [2.75, 3.05) is 40.2 Å². The SMILES string of the molecule is CNCc1ccc(CN(C)/C(C)=N\c2cnc(OCCCOC)nc2N)cc1. The van der Waals surface area contributed by atoms with Gasteiger partial charge in [0, 0.05) is 40.3 Å². The number of anilines is 1. The lowest BCUT2D eigenvalue weighted by Gasteiger charge is -2.19. The van der Waals surface area contributed by atoms with Crippen LogP contribution in [0.15, 0.2) is 35.5 Å². The molecule has 0 aliphatic rings. The Balaban J connectivity index is 1.97. The molecule has 3 N–H and O–H groups in total. The molecule has 0 saturated heterocycles. The van der Waals surface area contributed by atoms with E-state index in [1.54, 1.807) is 13.3 Å². The molecule has 0 aliphatic carbocycles. The summed E-state index contributed by atoms with van der Waals surface area (Å²) in [5, 5.41) is 3.15. The molecule has 0 fully saturated rings. The molecule has 152 valence electrons. The molecule has 8 nitrogen and oxygen atoms in total. The standard InChI is InChI=1S/C20H30N6O2/c1-15(26(3)14-17-8-6-16(7-9-17)12-22-2)24-18-13-23-20(25-19(18)21)28-11-5-10-27-4/h6-9,13,22H,5,10-12,14H2,1-4H3,(H2,21,23,25)/b24-15-. The highest BCUT2D eigenvalue weighted by Crippen LogP contribution is 2.21. The number of nitrogens with two attached hydrogens (primary N) is 1. The summed E-state index contributed by atoms with van der Waals surface area (Å²) in [4.78, 5) is 15.0. The van der Waals surface area contributed by atoms with E-state index < -0.39 is 0 Å². The van der Waals surface area contributed by atoms with Gasteiger partial charge in [-0.2, -0.15) is 4.98 Å². The number of benzene rings is 1. The topological polar surface area (TPSA) is 97.9 Å². The van der Waals surface area contributed by atoms with Crippen molar-refractivity contribution in [3.63, 3.8) is 0 Å². The van der Waals surface area contributed by atoms with Crippen LogP contribution >= 0.6 is 0 Å². The molecule has 1 aromatic heterocycles. The number of nitrogen functional groups attached to an aromatic ring is 1. The summed E-state index contributed by atoms with van der Waals surface area (Å²) < 4.78 is 10.4. The minimum absolute atomic E-state index is 0.250. The fourth-order valence-electron chi connectivity index (χ4n) is 2.51. The maximum absolute atomic E-state index is 6.01. The van der Waals surface area contributed by atoms with Crippen molar-refractivity contribution >= 4 is 17.3 Å². The van der Waals surface area contributed by atoms with Crippen molar-refractivity contribution in [1.82, 2.24) is 20.2 Å². The molecular formula is C20H30N6O2. The first-order chi connectivity index (χ1) is 13.5. The number of nitrogens with zero attached hydrogens (tertiary/aromatic N) is 4. The van der Waals surface area contributed by atoms with Crippen LogP contribution in [0.3, 0.4) is 0 Å². The van der Waals surface area contributed by atoms with Gasteiger partial charge < -0.3 is 25.4 Å². The van der Waals surface area contributed by atoms with Gasteiger partial charge in [0.25, 0.3) is 0 Å². The summed E-state index contributed by atoms with van der Waals surface area (Å²) >= 11 is 0. The average molecular weight is 387 g/mol. The van der Waals surface area contributed by atoms with E-state index in [-0.39, 0.29) is 6.01 Å². The van der Waals surface area contributed by atoms with Gasteiger partial charge in [0.1, 0.15) is 11.5 Å². The van der Waals surface area contributed by atoms with Crippen molar-refractivity contribution in [2.45, 2.75) is 26.4 Å². The Morgan fingerprint density at radius 3 is 2.57 bits per heavy atom. The van der Waals surface area contributed by atoms with Crippen LogP contribution in [-0.4, -0.2) is 55.1 Å². The molecule has 1 heterocycles. The molecule has 0 amide bonds. The molecule has 0 spiro atoms. The number of aromatic nitrogens is 2. The third-order valence-corrected chi connectivity index (χ3v) is 4.16. The second-order valence-corrected chi connectivity index (χ2v) is 6.48. The monoisotopic (exact) mass is 386 g/mol. The number of hydrogen-bond donors (Lipinski definition) is 2. The minimum atomic E-state index is 0.250. The predicted molar refractivity (Wildman–Crippen MR) is 112 cm³/mol. The molecule has 2 rings (SSSR count). The number of nitrogens with one attached hydrogen (secondary N) is 1. The van der Waals surface area contributed by atoms with Gasteiger partial charge in [0.15, 0.2) is 5.82 Å². The molecule has 0 bridgehead atoms.